The number of benzene rings is 2. The van der Waals surface area contributed by atoms with Crippen LogP contribution in [0.3, 0.4) is 0 Å². The first kappa shape index (κ1) is 13.9. The zero-order valence-corrected chi connectivity index (χ0v) is 12.2. The number of fused-ring (bicyclic) bond motifs is 1. The molecule has 0 aliphatic heterocycles. The number of H-pyrrole nitrogens is 1. The molecule has 0 bridgehead atoms. The number of nitrogens with one attached hydrogen (secondary N) is 1. The third kappa shape index (κ3) is 2.71. The van der Waals surface area contributed by atoms with Crippen molar-refractivity contribution in [1.29, 1.82) is 0 Å². The highest BCUT2D eigenvalue weighted by Crippen LogP contribution is 2.21. The Morgan fingerprint density at radius 3 is 2.67 bits per heavy atom. The van der Waals surface area contributed by atoms with Crippen molar-refractivity contribution in [2.75, 3.05) is 0 Å². The summed E-state index contributed by atoms with van der Waals surface area (Å²) in [5.74, 6) is -0.824. The monoisotopic (exact) mass is 350 g/mol. The van der Waals surface area contributed by atoms with Crippen LogP contribution in [0.1, 0.15) is 11.3 Å². The molecule has 0 aliphatic carbocycles. The largest absolute Gasteiger partial charge is 0.272 e. The van der Waals surface area contributed by atoms with Crippen LogP contribution >= 0.6 is 15.9 Å². The standard InChI is InChI=1S/C15H9BrF2N2O/c16-12-5-8(1-4-13(12)18)6-14-10-3-2-9(17)7-11(10)15(21)20-19-14/h1-5,7H,6H2,(H,20,21). The minimum atomic E-state index is -0.477. The highest BCUT2D eigenvalue weighted by Gasteiger charge is 2.09. The van der Waals surface area contributed by atoms with E-state index < -0.39 is 11.4 Å². The summed E-state index contributed by atoms with van der Waals surface area (Å²) < 4.78 is 26.8. The molecule has 0 amide bonds. The summed E-state index contributed by atoms with van der Waals surface area (Å²) in [6, 6.07) is 8.64. The van der Waals surface area contributed by atoms with Crippen LogP contribution in [-0.2, 0) is 6.42 Å². The van der Waals surface area contributed by atoms with Crippen LogP contribution in [0, 0.1) is 11.6 Å². The number of hydrogen-bond acceptors (Lipinski definition) is 2. The van der Waals surface area contributed by atoms with Crippen LogP contribution in [-0.4, -0.2) is 10.2 Å². The van der Waals surface area contributed by atoms with E-state index in [1.165, 1.54) is 24.3 Å². The third-order valence-corrected chi connectivity index (χ3v) is 3.79. The van der Waals surface area contributed by atoms with Gasteiger partial charge in [0.15, 0.2) is 0 Å². The van der Waals surface area contributed by atoms with Gasteiger partial charge in [-0.3, -0.25) is 4.79 Å². The van der Waals surface area contributed by atoms with E-state index in [1.807, 2.05) is 0 Å². The summed E-state index contributed by atoms with van der Waals surface area (Å²) in [5, 5.41) is 7.21. The second-order valence-corrected chi connectivity index (χ2v) is 5.47. The average Bonchev–Trinajstić information content (AvgIpc) is 2.46. The topological polar surface area (TPSA) is 45.8 Å². The fraction of sp³-hybridized carbons (Fsp3) is 0.0667. The molecule has 1 aromatic heterocycles. The Labute approximate surface area is 126 Å². The second kappa shape index (κ2) is 5.37. The highest BCUT2D eigenvalue weighted by atomic mass is 79.9. The van der Waals surface area contributed by atoms with Crippen molar-refractivity contribution in [2.45, 2.75) is 6.42 Å². The first-order valence-corrected chi connectivity index (χ1v) is 6.94. The van der Waals surface area contributed by atoms with Crippen molar-refractivity contribution in [3.63, 3.8) is 0 Å². The Morgan fingerprint density at radius 1 is 1.10 bits per heavy atom. The molecule has 3 rings (SSSR count). The molecule has 0 radical (unpaired) electrons. The first-order chi connectivity index (χ1) is 10.0. The number of halogens is 3. The van der Waals surface area contributed by atoms with E-state index >= 15 is 0 Å². The van der Waals surface area contributed by atoms with Crippen LogP contribution in [0.4, 0.5) is 8.78 Å². The molecule has 1 heterocycles. The smallest absolute Gasteiger partial charge is 0.267 e. The molecule has 0 atom stereocenters. The van der Waals surface area contributed by atoms with Gasteiger partial charge in [-0.05, 0) is 51.8 Å². The Bertz CT molecular complexity index is 892. The van der Waals surface area contributed by atoms with Gasteiger partial charge in [0.25, 0.3) is 5.56 Å². The van der Waals surface area contributed by atoms with Crippen molar-refractivity contribution >= 4 is 26.7 Å². The molecule has 0 aliphatic rings. The zero-order chi connectivity index (χ0) is 15.0. The van der Waals surface area contributed by atoms with Gasteiger partial charge in [-0.25, -0.2) is 13.9 Å². The minimum absolute atomic E-state index is 0.251. The summed E-state index contributed by atoms with van der Waals surface area (Å²) in [7, 11) is 0. The van der Waals surface area contributed by atoms with Crippen molar-refractivity contribution < 1.29 is 8.78 Å². The lowest BCUT2D eigenvalue weighted by Crippen LogP contribution is -2.11. The van der Waals surface area contributed by atoms with E-state index in [2.05, 4.69) is 26.1 Å². The van der Waals surface area contributed by atoms with Gasteiger partial charge >= 0.3 is 0 Å². The van der Waals surface area contributed by atoms with E-state index in [0.29, 0.717) is 22.0 Å². The summed E-state index contributed by atoms with van der Waals surface area (Å²) >= 11 is 3.13. The predicted octanol–water partition coefficient (Wildman–Crippen LogP) is 3.55. The molecule has 0 saturated carbocycles. The van der Waals surface area contributed by atoms with Gasteiger partial charge in [-0.15, -0.1) is 0 Å². The molecule has 106 valence electrons. The van der Waals surface area contributed by atoms with Crippen LogP contribution in [0.25, 0.3) is 10.8 Å². The SMILES string of the molecule is O=c1[nH]nc(Cc2ccc(F)c(Br)c2)c2ccc(F)cc12. The van der Waals surface area contributed by atoms with Crippen LogP contribution in [0.2, 0.25) is 0 Å². The molecule has 3 aromatic rings. The van der Waals surface area contributed by atoms with Crippen LogP contribution in [0.15, 0.2) is 45.7 Å². The molecule has 21 heavy (non-hydrogen) atoms. The number of nitrogens with zero attached hydrogens (tertiary/aromatic N) is 1. The number of aromatic nitrogens is 2. The van der Waals surface area contributed by atoms with Crippen LogP contribution in [0.5, 0.6) is 0 Å². The Kier molecular flexibility index (Phi) is 3.55. The molecule has 0 unspecified atom stereocenters. The van der Waals surface area contributed by atoms with Gasteiger partial charge in [0.1, 0.15) is 11.6 Å². The summed E-state index contributed by atoms with van der Waals surface area (Å²) in [4.78, 5) is 11.7. The molecule has 0 spiro atoms. The van der Waals surface area contributed by atoms with Gasteiger partial charge in [-0.2, -0.15) is 5.10 Å². The number of aromatic amines is 1. The van der Waals surface area contributed by atoms with E-state index in [0.717, 1.165) is 5.56 Å². The maximum absolute atomic E-state index is 13.3. The zero-order valence-electron chi connectivity index (χ0n) is 10.7. The van der Waals surface area contributed by atoms with E-state index in [1.54, 1.807) is 12.1 Å². The van der Waals surface area contributed by atoms with Crippen molar-refractivity contribution in [3.8, 4) is 0 Å². The molecule has 0 fully saturated rings. The Morgan fingerprint density at radius 2 is 1.90 bits per heavy atom. The highest BCUT2D eigenvalue weighted by molar-refractivity contribution is 9.10. The Hall–Kier alpha value is -2.08. The summed E-state index contributed by atoms with van der Waals surface area (Å²) in [5.41, 5.74) is 0.991. The lowest BCUT2D eigenvalue weighted by atomic mass is 10.0. The second-order valence-electron chi connectivity index (χ2n) is 4.61. The molecule has 0 saturated heterocycles. The fourth-order valence-electron chi connectivity index (χ4n) is 2.17. The maximum Gasteiger partial charge on any atom is 0.272 e. The van der Waals surface area contributed by atoms with Crippen molar-refractivity contribution in [1.82, 2.24) is 10.2 Å². The van der Waals surface area contributed by atoms with Gasteiger partial charge in [0.05, 0.1) is 15.6 Å². The molecule has 2 aromatic carbocycles. The van der Waals surface area contributed by atoms with Crippen LogP contribution < -0.4 is 5.56 Å². The first-order valence-electron chi connectivity index (χ1n) is 6.15. The average molecular weight is 351 g/mol. The molecule has 3 nitrogen and oxygen atoms in total. The molecular formula is C15H9BrF2N2O. The summed E-state index contributed by atoms with van der Waals surface area (Å²) in [6.07, 6.45) is 0.401. The van der Waals surface area contributed by atoms with E-state index in [-0.39, 0.29) is 11.2 Å². The van der Waals surface area contributed by atoms with Crippen molar-refractivity contribution in [3.05, 3.63) is 74.1 Å². The van der Waals surface area contributed by atoms with E-state index in [4.69, 9.17) is 0 Å². The summed E-state index contributed by atoms with van der Waals surface area (Å²) in [6.45, 7) is 0. The molecule has 1 N–H and O–H groups in total. The minimum Gasteiger partial charge on any atom is -0.267 e. The van der Waals surface area contributed by atoms with Gasteiger partial charge in [0.2, 0.25) is 0 Å². The lowest BCUT2D eigenvalue weighted by Gasteiger charge is -2.06. The molecular weight excluding hydrogens is 342 g/mol. The fourth-order valence-corrected chi connectivity index (χ4v) is 2.60. The third-order valence-electron chi connectivity index (χ3n) is 3.19. The van der Waals surface area contributed by atoms with Gasteiger partial charge in [-0.1, -0.05) is 6.07 Å². The quantitative estimate of drug-likeness (QED) is 0.768. The Balaban J connectivity index is 2.10. The number of rotatable bonds is 2. The van der Waals surface area contributed by atoms with Gasteiger partial charge in [0, 0.05) is 11.8 Å². The molecule has 6 heteroatoms. The number of hydrogen-bond donors (Lipinski definition) is 1. The van der Waals surface area contributed by atoms with Gasteiger partial charge < -0.3 is 0 Å². The van der Waals surface area contributed by atoms with Crippen molar-refractivity contribution in [2.24, 2.45) is 0 Å². The normalized spacial score (nSPS) is 11.0. The predicted molar refractivity (Wildman–Crippen MR) is 79.2 cm³/mol. The lowest BCUT2D eigenvalue weighted by molar-refractivity contribution is 0.620. The maximum atomic E-state index is 13.3. The van der Waals surface area contributed by atoms with E-state index in [9.17, 15) is 13.6 Å².